The van der Waals surface area contributed by atoms with E-state index in [1.165, 1.54) is 64.3 Å². The first-order valence-corrected chi connectivity index (χ1v) is 15.1. The molecule has 0 saturated heterocycles. The third kappa shape index (κ3) is 4.62. The Morgan fingerprint density at radius 1 is 0.333 bits per heavy atom. The molecule has 8 rings (SSSR count). The van der Waals surface area contributed by atoms with E-state index in [0.717, 1.165) is 11.4 Å². The van der Waals surface area contributed by atoms with Gasteiger partial charge in [0.2, 0.25) is 0 Å². The van der Waals surface area contributed by atoms with Crippen molar-refractivity contribution in [2.45, 2.75) is 0 Å². The van der Waals surface area contributed by atoms with Crippen LogP contribution < -0.4 is 5.32 Å². The molecule has 0 unspecified atom stereocenters. The fourth-order valence-corrected chi connectivity index (χ4v) is 6.91. The number of hydrogen-bond donors (Lipinski definition) is 1. The molecule has 42 heavy (non-hydrogen) atoms. The fourth-order valence-electron chi connectivity index (χ4n) is 5.82. The lowest BCUT2D eigenvalue weighted by Crippen LogP contribution is -1.90. The first kappa shape index (κ1) is 24.6. The second-order valence-corrected chi connectivity index (χ2v) is 11.8. The van der Waals surface area contributed by atoms with Gasteiger partial charge in [0.1, 0.15) is 0 Å². The second kappa shape index (κ2) is 10.3. The van der Waals surface area contributed by atoms with Crippen LogP contribution in [0.5, 0.6) is 0 Å². The van der Waals surface area contributed by atoms with Crippen LogP contribution in [-0.4, -0.2) is 0 Å². The van der Waals surface area contributed by atoms with Crippen molar-refractivity contribution in [1.82, 2.24) is 0 Å². The van der Waals surface area contributed by atoms with Crippen LogP contribution in [0.25, 0.3) is 64.3 Å². The summed E-state index contributed by atoms with van der Waals surface area (Å²) in [4.78, 5) is 0. The van der Waals surface area contributed by atoms with Crippen molar-refractivity contribution in [3.8, 4) is 33.4 Å². The Balaban J connectivity index is 1.01. The SMILES string of the molecule is c1cc(-c2ccc(-c3ccc(Nc4ccc5sc6ccccc6c5c4)cc3)cc2)cc(-c2ccc3ccccc3c2)c1. The van der Waals surface area contributed by atoms with Crippen molar-refractivity contribution < 1.29 is 0 Å². The Morgan fingerprint density at radius 2 is 0.905 bits per heavy atom. The molecule has 0 aliphatic heterocycles. The molecule has 0 saturated carbocycles. The van der Waals surface area contributed by atoms with Crippen molar-refractivity contribution >= 4 is 53.7 Å². The third-order valence-corrected chi connectivity index (χ3v) is 9.20. The number of benzene rings is 7. The van der Waals surface area contributed by atoms with Crippen LogP contribution in [-0.2, 0) is 0 Å². The molecule has 0 aliphatic carbocycles. The van der Waals surface area contributed by atoms with Gasteiger partial charge in [-0.3, -0.25) is 0 Å². The number of hydrogen-bond acceptors (Lipinski definition) is 2. The van der Waals surface area contributed by atoms with Gasteiger partial charge in [-0.15, -0.1) is 11.3 Å². The second-order valence-electron chi connectivity index (χ2n) is 10.7. The molecule has 0 fully saturated rings. The average Bonchev–Trinajstić information content (AvgIpc) is 3.43. The predicted octanol–water partition coefficient (Wildman–Crippen LogP) is 12.0. The van der Waals surface area contributed by atoms with E-state index in [1.807, 2.05) is 11.3 Å². The van der Waals surface area contributed by atoms with E-state index in [2.05, 4.69) is 163 Å². The first-order chi connectivity index (χ1) is 20.8. The monoisotopic (exact) mass is 553 g/mol. The van der Waals surface area contributed by atoms with Gasteiger partial charge >= 0.3 is 0 Å². The highest BCUT2D eigenvalue weighted by molar-refractivity contribution is 7.25. The van der Waals surface area contributed by atoms with E-state index < -0.39 is 0 Å². The Kier molecular flexibility index (Phi) is 6.05. The summed E-state index contributed by atoms with van der Waals surface area (Å²) < 4.78 is 2.65. The number of fused-ring (bicyclic) bond motifs is 4. The van der Waals surface area contributed by atoms with Gasteiger partial charge in [-0.2, -0.15) is 0 Å². The van der Waals surface area contributed by atoms with Gasteiger partial charge in [0, 0.05) is 31.5 Å². The molecule has 1 aromatic heterocycles. The molecule has 0 amide bonds. The highest BCUT2D eigenvalue weighted by Gasteiger charge is 2.07. The fraction of sp³-hybridized carbons (Fsp3) is 0. The Morgan fingerprint density at radius 3 is 1.71 bits per heavy atom. The van der Waals surface area contributed by atoms with E-state index >= 15 is 0 Å². The summed E-state index contributed by atoms with van der Waals surface area (Å²) in [5.74, 6) is 0. The van der Waals surface area contributed by atoms with E-state index in [4.69, 9.17) is 0 Å². The van der Waals surface area contributed by atoms with Gasteiger partial charge in [-0.25, -0.2) is 0 Å². The number of nitrogens with one attached hydrogen (secondary N) is 1. The quantitative estimate of drug-likeness (QED) is 0.223. The van der Waals surface area contributed by atoms with Crippen molar-refractivity contribution in [3.05, 3.63) is 158 Å². The molecular weight excluding hydrogens is 527 g/mol. The predicted molar refractivity (Wildman–Crippen MR) is 183 cm³/mol. The lowest BCUT2D eigenvalue weighted by Gasteiger charge is -2.10. The summed E-state index contributed by atoms with van der Waals surface area (Å²) in [7, 11) is 0. The van der Waals surface area contributed by atoms with Gasteiger partial charge in [0.05, 0.1) is 0 Å². The molecule has 8 aromatic rings. The molecule has 0 radical (unpaired) electrons. The van der Waals surface area contributed by atoms with Crippen LogP contribution in [0.3, 0.4) is 0 Å². The molecule has 2 heteroatoms. The van der Waals surface area contributed by atoms with Gasteiger partial charge in [0.15, 0.2) is 0 Å². The summed E-state index contributed by atoms with van der Waals surface area (Å²) in [5.41, 5.74) is 9.52. The molecule has 7 aromatic carbocycles. The number of thiophene rings is 1. The van der Waals surface area contributed by atoms with Crippen LogP contribution in [0.2, 0.25) is 0 Å². The van der Waals surface area contributed by atoms with Crippen LogP contribution >= 0.6 is 11.3 Å². The van der Waals surface area contributed by atoms with Crippen LogP contribution in [0.15, 0.2) is 158 Å². The van der Waals surface area contributed by atoms with Gasteiger partial charge in [-0.05, 0) is 92.7 Å². The summed E-state index contributed by atoms with van der Waals surface area (Å²) >= 11 is 1.85. The van der Waals surface area contributed by atoms with Crippen molar-refractivity contribution in [3.63, 3.8) is 0 Å². The molecule has 0 bridgehead atoms. The van der Waals surface area contributed by atoms with Crippen molar-refractivity contribution in [2.75, 3.05) is 5.32 Å². The van der Waals surface area contributed by atoms with E-state index in [0.29, 0.717) is 0 Å². The van der Waals surface area contributed by atoms with Gasteiger partial charge < -0.3 is 5.32 Å². The van der Waals surface area contributed by atoms with Crippen molar-refractivity contribution in [2.24, 2.45) is 0 Å². The zero-order chi connectivity index (χ0) is 27.9. The average molecular weight is 554 g/mol. The largest absolute Gasteiger partial charge is 0.356 e. The lowest BCUT2D eigenvalue weighted by atomic mass is 9.96. The van der Waals surface area contributed by atoms with E-state index in [-0.39, 0.29) is 0 Å². The summed E-state index contributed by atoms with van der Waals surface area (Å²) in [6.45, 7) is 0. The Bertz CT molecular complexity index is 2210. The third-order valence-electron chi connectivity index (χ3n) is 8.05. The zero-order valence-electron chi connectivity index (χ0n) is 22.9. The maximum absolute atomic E-state index is 3.59. The normalized spacial score (nSPS) is 11.3. The minimum Gasteiger partial charge on any atom is -0.356 e. The molecular formula is C40H27NS. The molecule has 0 atom stereocenters. The number of anilines is 2. The minimum absolute atomic E-state index is 1.08. The maximum Gasteiger partial charge on any atom is 0.0391 e. The molecule has 1 nitrogen and oxygen atoms in total. The molecule has 0 spiro atoms. The summed E-state index contributed by atoms with van der Waals surface area (Å²) in [6, 6.07) is 56.9. The standard InChI is InChI=1S/C40H27NS/c1-2-7-31-25-34(17-16-27(31)6-1)33-9-5-8-32(24-33)30-14-12-28(13-15-30)29-18-20-35(21-19-29)41-36-22-23-40-38(26-36)37-10-3-4-11-39(37)42-40/h1-26,41H. The Labute approximate surface area is 249 Å². The van der Waals surface area contributed by atoms with Gasteiger partial charge in [-0.1, -0.05) is 109 Å². The van der Waals surface area contributed by atoms with Crippen LogP contribution in [0.1, 0.15) is 0 Å². The highest BCUT2D eigenvalue weighted by Crippen LogP contribution is 2.36. The van der Waals surface area contributed by atoms with E-state index in [9.17, 15) is 0 Å². The highest BCUT2D eigenvalue weighted by atomic mass is 32.1. The zero-order valence-corrected chi connectivity index (χ0v) is 23.7. The summed E-state index contributed by atoms with van der Waals surface area (Å²) in [5, 5.41) is 8.75. The molecule has 0 aliphatic rings. The topological polar surface area (TPSA) is 12.0 Å². The smallest absolute Gasteiger partial charge is 0.0391 e. The summed E-state index contributed by atoms with van der Waals surface area (Å²) in [6.07, 6.45) is 0. The molecule has 1 N–H and O–H groups in total. The van der Waals surface area contributed by atoms with E-state index in [1.54, 1.807) is 0 Å². The van der Waals surface area contributed by atoms with Crippen molar-refractivity contribution in [1.29, 1.82) is 0 Å². The van der Waals surface area contributed by atoms with Crippen LogP contribution in [0.4, 0.5) is 11.4 Å². The lowest BCUT2D eigenvalue weighted by molar-refractivity contribution is 1.55. The van der Waals surface area contributed by atoms with Gasteiger partial charge in [0.25, 0.3) is 0 Å². The molecule has 1 heterocycles. The minimum atomic E-state index is 1.08. The first-order valence-electron chi connectivity index (χ1n) is 14.3. The maximum atomic E-state index is 3.59. The Hall–Kier alpha value is -5.18. The molecule has 198 valence electrons. The van der Waals surface area contributed by atoms with Crippen LogP contribution in [0, 0.1) is 0 Å². The number of rotatable bonds is 5.